The summed E-state index contributed by atoms with van der Waals surface area (Å²) in [7, 11) is 0. The zero-order chi connectivity index (χ0) is 14.4. The second-order valence-electron chi connectivity index (χ2n) is 5.24. The highest BCUT2D eigenvalue weighted by Crippen LogP contribution is 2.32. The Morgan fingerprint density at radius 2 is 1.80 bits per heavy atom. The molecule has 0 amide bonds. The number of rotatable bonds is 7. The number of hydrogen-bond acceptors (Lipinski definition) is 2. The molecule has 3 heteroatoms. The van der Waals surface area contributed by atoms with E-state index in [-0.39, 0.29) is 0 Å². The molecule has 0 spiro atoms. The third kappa shape index (κ3) is 4.22. The lowest BCUT2D eigenvalue weighted by atomic mass is 10.1. The smallest absolute Gasteiger partial charge is 0.134 e. The molecular formula is C17H21BrO2. The van der Waals surface area contributed by atoms with Crippen LogP contribution in [-0.2, 0) is 4.74 Å². The number of benzene rings is 2. The van der Waals surface area contributed by atoms with Crippen molar-refractivity contribution < 1.29 is 9.47 Å². The molecule has 0 aromatic heterocycles. The largest absolute Gasteiger partial charge is 0.490 e. The van der Waals surface area contributed by atoms with E-state index in [0.717, 1.165) is 23.2 Å². The predicted octanol–water partition coefficient (Wildman–Crippen LogP) is 5.04. The molecule has 0 fully saturated rings. The Morgan fingerprint density at radius 3 is 2.60 bits per heavy atom. The standard InChI is InChI=1S/C17H21BrO2/c1-13(2)9-10-19-11-12-20-16-8-7-14-5-3-4-6-15(14)17(16)18/h3-8,13H,9-12H2,1-2H3. The molecule has 0 heterocycles. The van der Waals surface area contributed by atoms with Crippen LogP contribution < -0.4 is 4.74 Å². The van der Waals surface area contributed by atoms with E-state index >= 15 is 0 Å². The summed E-state index contributed by atoms with van der Waals surface area (Å²) in [5, 5.41) is 2.38. The maximum absolute atomic E-state index is 5.78. The van der Waals surface area contributed by atoms with Crippen LogP contribution >= 0.6 is 15.9 Å². The molecule has 0 unspecified atom stereocenters. The number of halogens is 1. The molecule has 2 aromatic carbocycles. The number of ether oxygens (including phenoxy) is 2. The quantitative estimate of drug-likeness (QED) is 0.659. The average Bonchev–Trinajstić information content (AvgIpc) is 2.45. The summed E-state index contributed by atoms with van der Waals surface area (Å²) in [6.45, 7) is 6.42. The maximum atomic E-state index is 5.78. The molecule has 0 aliphatic rings. The molecule has 0 N–H and O–H groups in total. The minimum Gasteiger partial charge on any atom is -0.490 e. The van der Waals surface area contributed by atoms with Gasteiger partial charge in [0.2, 0.25) is 0 Å². The first-order valence-electron chi connectivity index (χ1n) is 7.06. The van der Waals surface area contributed by atoms with Crippen molar-refractivity contribution >= 4 is 26.7 Å². The highest BCUT2D eigenvalue weighted by atomic mass is 79.9. The predicted molar refractivity (Wildman–Crippen MR) is 87.4 cm³/mol. The molecule has 0 bridgehead atoms. The Kier molecular flexibility index (Phi) is 5.86. The van der Waals surface area contributed by atoms with Gasteiger partial charge in [0, 0.05) is 6.61 Å². The molecule has 20 heavy (non-hydrogen) atoms. The second-order valence-corrected chi connectivity index (χ2v) is 6.04. The third-order valence-electron chi connectivity index (χ3n) is 3.15. The van der Waals surface area contributed by atoms with Gasteiger partial charge in [0.05, 0.1) is 11.1 Å². The minimum absolute atomic E-state index is 0.578. The monoisotopic (exact) mass is 336 g/mol. The lowest BCUT2D eigenvalue weighted by Crippen LogP contribution is -2.08. The van der Waals surface area contributed by atoms with Gasteiger partial charge in [0.25, 0.3) is 0 Å². The van der Waals surface area contributed by atoms with Gasteiger partial charge in [-0.2, -0.15) is 0 Å². The zero-order valence-corrected chi connectivity index (χ0v) is 13.7. The Balaban J connectivity index is 1.86. The van der Waals surface area contributed by atoms with E-state index < -0.39 is 0 Å². The summed E-state index contributed by atoms with van der Waals surface area (Å²) in [6.07, 6.45) is 1.10. The van der Waals surface area contributed by atoms with E-state index in [1.54, 1.807) is 0 Å². The van der Waals surface area contributed by atoms with Crippen molar-refractivity contribution in [1.29, 1.82) is 0 Å². The SMILES string of the molecule is CC(C)CCOCCOc1ccc2ccccc2c1Br. The van der Waals surface area contributed by atoms with Crippen LogP contribution in [0.5, 0.6) is 5.75 Å². The minimum atomic E-state index is 0.578. The maximum Gasteiger partial charge on any atom is 0.134 e. The van der Waals surface area contributed by atoms with Gasteiger partial charge in [-0.05, 0) is 45.1 Å². The van der Waals surface area contributed by atoms with Gasteiger partial charge in [0.1, 0.15) is 12.4 Å². The van der Waals surface area contributed by atoms with Crippen molar-refractivity contribution in [2.24, 2.45) is 5.92 Å². The van der Waals surface area contributed by atoms with Crippen LogP contribution in [-0.4, -0.2) is 19.8 Å². The Hall–Kier alpha value is -1.06. The van der Waals surface area contributed by atoms with Crippen LogP contribution in [0, 0.1) is 5.92 Å². The molecule has 108 valence electrons. The van der Waals surface area contributed by atoms with Gasteiger partial charge in [-0.1, -0.05) is 44.2 Å². The van der Waals surface area contributed by atoms with E-state index in [2.05, 4.69) is 48.0 Å². The Morgan fingerprint density at radius 1 is 1.00 bits per heavy atom. The molecule has 2 rings (SSSR count). The zero-order valence-electron chi connectivity index (χ0n) is 12.1. The Bertz CT molecular complexity index is 552. The van der Waals surface area contributed by atoms with Crippen molar-refractivity contribution in [2.75, 3.05) is 19.8 Å². The van der Waals surface area contributed by atoms with E-state index in [1.165, 1.54) is 10.8 Å². The molecule has 0 radical (unpaired) electrons. The average molecular weight is 337 g/mol. The van der Waals surface area contributed by atoms with E-state index in [9.17, 15) is 0 Å². The highest BCUT2D eigenvalue weighted by Gasteiger charge is 2.05. The number of hydrogen-bond donors (Lipinski definition) is 0. The lowest BCUT2D eigenvalue weighted by Gasteiger charge is -2.11. The first-order chi connectivity index (χ1) is 9.68. The Labute approximate surface area is 129 Å². The van der Waals surface area contributed by atoms with Crippen LogP contribution in [0.4, 0.5) is 0 Å². The summed E-state index contributed by atoms with van der Waals surface area (Å²) in [5.41, 5.74) is 0. The van der Waals surface area contributed by atoms with E-state index in [1.807, 2.05) is 18.2 Å². The van der Waals surface area contributed by atoms with Crippen molar-refractivity contribution in [1.82, 2.24) is 0 Å². The molecule has 0 saturated carbocycles. The van der Waals surface area contributed by atoms with Gasteiger partial charge in [-0.25, -0.2) is 0 Å². The van der Waals surface area contributed by atoms with Gasteiger partial charge in [-0.15, -0.1) is 0 Å². The van der Waals surface area contributed by atoms with Gasteiger partial charge in [0.15, 0.2) is 0 Å². The first kappa shape index (κ1) is 15.3. The molecule has 2 aromatic rings. The molecule has 2 nitrogen and oxygen atoms in total. The summed E-state index contributed by atoms with van der Waals surface area (Å²) < 4.78 is 12.3. The molecular weight excluding hydrogens is 316 g/mol. The summed E-state index contributed by atoms with van der Waals surface area (Å²) >= 11 is 3.62. The van der Waals surface area contributed by atoms with Crippen LogP contribution in [0.25, 0.3) is 10.8 Å². The van der Waals surface area contributed by atoms with Crippen LogP contribution in [0.3, 0.4) is 0 Å². The van der Waals surface area contributed by atoms with Crippen LogP contribution in [0.1, 0.15) is 20.3 Å². The molecule has 0 aliphatic carbocycles. The van der Waals surface area contributed by atoms with Crippen molar-refractivity contribution in [3.8, 4) is 5.75 Å². The highest BCUT2D eigenvalue weighted by molar-refractivity contribution is 9.10. The normalized spacial score (nSPS) is 11.2. The second kappa shape index (κ2) is 7.65. The van der Waals surface area contributed by atoms with Gasteiger partial charge in [-0.3, -0.25) is 0 Å². The van der Waals surface area contributed by atoms with Crippen LogP contribution in [0.2, 0.25) is 0 Å². The van der Waals surface area contributed by atoms with Crippen molar-refractivity contribution in [3.63, 3.8) is 0 Å². The van der Waals surface area contributed by atoms with Crippen LogP contribution in [0.15, 0.2) is 40.9 Å². The van der Waals surface area contributed by atoms with Gasteiger partial charge >= 0.3 is 0 Å². The molecule has 0 saturated heterocycles. The van der Waals surface area contributed by atoms with Crippen molar-refractivity contribution in [3.05, 3.63) is 40.9 Å². The number of fused-ring (bicyclic) bond motifs is 1. The summed E-state index contributed by atoms with van der Waals surface area (Å²) in [4.78, 5) is 0. The fourth-order valence-electron chi connectivity index (χ4n) is 1.96. The molecule has 0 atom stereocenters. The lowest BCUT2D eigenvalue weighted by molar-refractivity contribution is 0.0924. The third-order valence-corrected chi connectivity index (χ3v) is 3.97. The fraction of sp³-hybridized carbons (Fsp3) is 0.412. The summed E-state index contributed by atoms with van der Waals surface area (Å²) in [5.74, 6) is 1.56. The fourth-order valence-corrected chi connectivity index (χ4v) is 2.56. The van der Waals surface area contributed by atoms with E-state index in [0.29, 0.717) is 19.1 Å². The van der Waals surface area contributed by atoms with Gasteiger partial charge < -0.3 is 9.47 Å². The topological polar surface area (TPSA) is 18.5 Å². The van der Waals surface area contributed by atoms with Crippen molar-refractivity contribution in [2.45, 2.75) is 20.3 Å². The first-order valence-corrected chi connectivity index (χ1v) is 7.85. The van der Waals surface area contributed by atoms with E-state index in [4.69, 9.17) is 9.47 Å². The summed E-state index contributed by atoms with van der Waals surface area (Å²) in [6, 6.07) is 12.3. The molecule has 0 aliphatic heterocycles.